The number of nitrogens with zero attached hydrogens (tertiary/aromatic N) is 2. The number of likely N-dealkylation sites (N-methyl/N-ethyl adjacent to an activating group) is 1. The minimum atomic E-state index is 0.723. The van der Waals surface area contributed by atoms with Gasteiger partial charge in [-0.25, -0.2) is 0 Å². The molecular formula is C13H23N3. The van der Waals surface area contributed by atoms with Crippen molar-refractivity contribution in [1.82, 2.24) is 4.90 Å². The van der Waals surface area contributed by atoms with Crippen LogP contribution in [0.3, 0.4) is 0 Å². The molecule has 1 aromatic carbocycles. The first-order chi connectivity index (χ1) is 7.67. The second-order valence-electron chi connectivity index (χ2n) is 4.22. The lowest BCUT2D eigenvalue weighted by Crippen LogP contribution is -2.28. The molecule has 0 spiro atoms. The van der Waals surface area contributed by atoms with E-state index in [4.69, 9.17) is 5.73 Å². The number of anilines is 1. The summed E-state index contributed by atoms with van der Waals surface area (Å²) in [5, 5.41) is 0. The van der Waals surface area contributed by atoms with Crippen LogP contribution in [0.1, 0.15) is 12.5 Å². The molecule has 1 aromatic rings. The van der Waals surface area contributed by atoms with E-state index in [9.17, 15) is 0 Å². The second kappa shape index (κ2) is 6.51. The predicted molar refractivity (Wildman–Crippen MR) is 70.8 cm³/mol. The maximum Gasteiger partial charge on any atom is 0.0364 e. The van der Waals surface area contributed by atoms with Crippen LogP contribution in [0.15, 0.2) is 24.3 Å². The molecule has 0 atom stereocenters. The fraction of sp³-hybridized carbons (Fsp3) is 0.538. The normalized spacial score (nSPS) is 10.8. The highest BCUT2D eigenvalue weighted by Gasteiger charge is 2.03. The van der Waals surface area contributed by atoms with Gasteiger partial charge in [0, 0.05) is 39.4 Å². The van der Waals surface area contributed by atoms with Crippen molar-refractivity contribution in [2.75, 3.05) is 38.6 Å². The third-order valence-electron chi connectivity index (χ3n) is 2.73. The summed E-state index contributed by atoms with van der Waals surface area (Å²) in [6.45, 7) is 5.88. The quantitative estimate of drug-likeness (QED) is 0.791. The second-order valence-corrected chi connectivity index (χ2v) is 4.22. The first kappa shape index (κ1) is 13.0. The first-order valence-electron chi connectivity index (χ1n) is 5.86. The fourth-order valence-corrected chi connectivity index (χ4v) is 1.72. The number of nitrogens with two attached hydrogens (primary N) is 1. The molecular weight excluding hydrogens is 198 g/mol. The van der Waals surface area contributed by atoms with E-state index >= 15 is 0 Å². The lowest BCUT2D eigenvalue weighted by molar-refractivity contribution is 0.288. The molecule has 0 aromatic heterocycles. The molecule has 0 aliphatic rings. The summed E-state index contributed by atoms with van der Waals surface area (Å²) in [5.41, 5.74) is 8.19. The zero-order valence-corrected chi connectivity index (χ0v) is 10.6. The van der Waals surface area contributed by atoms with Crippen molar-refractivity contribution in [2.45, 2.75) is 13.5 Å². The molecule has 3 heteroatoms. The van der Waals surface area contributed by atoms with Gasteiger partial charge in [-0.3, -0.25) is 4.90 Å². The highest BCUT2D eigenvalue weighted by atomic mass is 15.1. The molecule has 0 unspecified atom stereocenters. The number of hydrogen-bond donors (Lipinski definition) is 1. The van der Waals surface area contributed by atoms with Crippen molar-refractivity contribution in [3.8, 4) is 0 Å². The van der Waals surface area contributed by atoms with Crippen LogP contribution >= 0.6 is 0 Å². The molecule has 2 N–H and O–H groups in total. The summed E-state index contributed by atoms with van der Waals surface area (Å²) in [4.78, 5) is 4.48. The Bertz CT molecular complexity index is 310. The molecule has 3 nitrogen and oxygen atoms in total. The van der Waals surface area contributed by atoms with Crippen LogP contribution < -0.4 is 10.6 Å². The average molecular weight is 221 g/mol. The van der Waals surface area contributed by atoms with Crippen LogP contribution in [0.2, 0.25) is 0 Å². The van der Waals surface area contributed by atoms with Gasteiger partial charge < -0.3 is 10.6 Å². The van der Waals surface area contributed by atoms with Crippen LogP contribution in [0.5, 0.6) is 0 Å². The van der Waals surface area contributed by atoms with Gasteiger partial charge >= 0.3 is 0 Å². The van der Waals surface area contributed by atoms with Gasteiger partial charge in [0.2, 0.25) is 0 Å². The van der Waals surface area contributed by atoms with Crippen molar-refractivity contribution in [2.24, 2.45) is 5.73 Å². The predicted octanol–water partition coefficient (Wildman–Crippen LogP) is 1.53. The van der Waals surface area contributed by atoms with Crippen LogP contribution in [-0.2, 0) is 6.54 Å². The standard InChI is InChI=1S/C13H23N3/c1-4-16(9-8-14)11-12-6-5-7-13(10-12)15(2)3/h5-7,10H,4,8-9,11,14H2,1-3H3. The Morgan fingerprint density at radius 2 is 2.00 bits per heavy atom. The van der Waals surface area contributed by atoms with Gasteiger partial charge in [-0.15, -0.1) is 0 Å². The topological polar surface area (TPSA) is 32.5 Å². The van der Waals surface area contributed by atoms with E-state index in [1.807, 2.05) is 0 Å². The summed E-state index contributed by atoms with van der Waals surface area (Å²) in [6.07, 6.45) is 0. The molecule has 90 valence electrons. The SMILES string of the molecule is CCN(CCN)Cc1cccc(N(C)C)c1. The Hall–Kier alpha value is -1.06. The van der Waals surface area contributed by atoms with Crippen LogP contribution in [-0.4, -0.2) is 38.6 Å². The summed E-state index contributed by atoms with van der Waals surface area (Å²) in [5.74, 6) is 0. The molecule has 0 radical (unpaired) electrons. The number of benzene rings is 1. The van der Waals surface area contributed by atoms with E-state index < -0.39 is 0 Å². The van der Waals surface area contributed by atoms with E-state index in [1.54, 1.807) is 0 Å². The fourth-order valence-electron chi connectivity index (χ4n) is 1.72. The van der Waals surface area contributed by atoms with Crippen LogP contribution in [0, 0.1) is 0 Å². The van der Waals surface area contributed by atoms with E-state index in [-0.39, 0.29) is 0 Å². The number of hydrogen-bond acceptors (Lipinski definition) is 3. The van der Waals surface area contributed by atoms with Gasteiger partial charge in [0.25, 0.3) is 0 Å². The van der Waals surface area contributed by atoms with Crippen molar-refractivity contribution in [1.29, 1.82) is 0 Å². The Balaban J connectivity index is 2.68. The molecule has 0 bridgehead atoms. The van der Waals surface area contributed by atoms with Gasteiger partial charge in [-0.1, -0.05) is 19.1 Å². The average Bonchev–Trinajstić information content (AvgIpc) is 2.29. The van der Waals surface area contributed by atoms with Crippen molar-refractivity contribution < 1.29 is 0 Å². The highest BCUT2D eigenvalue weighted by molar-refractivity contribution is 5.47. The van der Waals surface area contributed by atoms with Gasteiger partial charge in [-0.2, -0.15) is 0 Å². The van der Waals surface area contributed by atoms with E-state index in [0.717, 1.165) is 26.2 Å². The summed E-state index contributed by atoms with van der Waals surface area (Å²) in [7, 11) is 4.13. The summed E-state index contributed by atoms with van der Waals surface area (Å²) >= 11 is 0. The van der Waals surface area contributed by atoms with Gasteiger partial charge in [-0.05, 0) is 24.2 Å². The molecule has 0 saturated heterocycles. The van der Waals surface area contributed by atoms with Crippen LogP contribution in [0.4, 0.5) is 5.69 Å². The lowest BCUT2D eigenvalue weighted by atomic mass is 10.2. The lowest BCUT2D eigenvalue weighted by Gasteiger charge is -2.20. The molecule has 0 aliphatic carbocycles. The minimum Gasteiger partial charge on any atom is -0.378 e. The first-order valence-corrected chi connectivity index (χ1v) is 5.86. The van der Waals surface area contributed by atoms with Crippen molar-refractivity contribution >= 4 is 5.69 Å². The monoisotopic (exact) mass is 221 g/mol. The van der Waals surface area contributed by atoms with E-state index in [1.165, 1.54) is 11.3 Å². The molecule has 16 heavy (non-hydrogen) atoms. The van der Waals surface area contributed by atoms with E-state index in [0.29, 0.717) is 0 Å². The minimum absolute atomic E-state index is 0.723. The summed E-state index contributed by atoms with van der Waals surface area (Å²) < 4.78 is 0. The number of rotatable bonds is 6. The van der Waals surface area contributed by atoms with Crippen molar-refractivity contribution in [3.63, 3.8) is 0 Å². The third-order valence-corrected chi connectivity index (χ3v) is 2.73. The van der Waals surface area contributed by atoms with Crippen molar-refractivity contribution in [3.05, 3.63) is 29.8 Å². The maximum atomic E-state index is 5.59. The zero-order chi connectivity index (χ0) is 12.0. The van der Waals surface area contributed by atoms with E-state index in [2.05, 4.69) is 55.1 Å². The molecule has 0 saturated carbocycles. The Kier molecular flexibility index (Phi) is 5.29. The Labute approximate surface area is 98.8 Å². The Morgan fingerprint density at radius 3 is 2.56 bits per heavy atom. The van der Waals surface area contributed by atoms with Gasteiger partial charge in [0.15, 0.2) is 0 Å². The smallest absolute Gasteiger partial charge is 0.0364 e. The third kappa shape index (κ3) is 3.83. The van der Waals surface area contributed by atoms with Gasteiger partial charge in [0.05, 0.1) is 0 Å². The maximum absolute atomic E-state index is 5.59. The van der Waals surface area contributed by atoms with Gasteiger partial charge in [0.1, 0.15) is 0 Å². The molecule has 1 rings (SSSR count). The molecule has 0 heterocycles. The molecule has 0 fully saturated rings. The summed E-state index contributed by atoms with van der Waals surface area (Å²) in [6, 6.07) is 8.65. The Morgan fingerprint density at radius 1 is 1.25 bits per heavy atom. The largest absolute Gasteiger partial charge is 0.378 e. The molecule has 0 amide bonds. The van der Waals surface area contributed by atoms with Crippen LogP contribution in [0.25, 0.3) is 0 Å². The highest BCUT2D eigenvalue weighted by Crippen LogP contribution is 2.14. The molecule has 0 aliphatic heterocycles. The zero-order valence-electron chi connectivity index (χ0n) is 10.6.